The summed E-state index contributed by atoms with van der Waals surface area (Å²) in [4.78, 5) is 13.4. The minimum absolute atomic E-state index is 0.398. The van der Waals surface area contributed by atoms with E-state index < -0.39 is 0 Å². The highest BCUT2D eigenvalue weighted by Gasteiger charge is 2.20. The Labute approximate surface area is 196 Å². The lowest BCUT2D eigenvalue weighted by atomic mass is 9.87. The summed E-state index contributed by atoms with van der Waals surface area (Å²) in [6.07, 6.45) is 14.0. The molecule has 0 amide bonds. The van der Waals surface area contributed by atoms with Crippen molar-refractivity contribution in [1.82, 2.24) is 14.7 Å². The van der Waals surface area contributed by atoms with Crippen molar-refractivity contribution in [1.29, 1.82) is 0 Å². The van der Waals surface area contributed by atoms with Crippen molar-refractivity contribution in [2.75, 3.05) is 13.1 Å². The van der Waals surface area contributed by atoms with E-state index in [2.05, 4.69) is 58.1 Å². The number of aryl methyl sites for hydroxylation is 1. The highest BCUT2D eigenvalue weighted by Crippen LogP contribution is 2.24. The van der Waals surface area contributed by atoms with E-state index in [4.69, 9.17) is 0 Å². The van der Waals surface area contributed by atoms with E-state index in [0.717, 1.165) is 38.3 Å². The van der Waals surface area contributed by atoms with Crippen LogP contribution in [0, 0.1) is 11.8 Å². The van der Waals surface area contributed by atoms with E-state index >= 15 is 0 Å². The van der Waals surface area contributed by atoms with Gasteiger partial charge in [0.25, 0.3) is 0 Å². The van der Waals surface area contributed by atoms with Gasteiger partial charge in [-0.15, -0.1) is 0 Å². The molecule has 4 rings (SSSR count). The first kappa shape index (κ1) is 26.3. The first-order chi connectivity index (χ1) is 15.6. The lowest BCUT2D eigenvalue weighted by Crippen LogP contribution is -2.34. The second kappa shape index (κ2) is 15.0. The molecule has 1 aromatic heterocycles. The molecule has 0 spiro atoms. The number of carbonyl (C=O) groups excluding carboxylic acids is 1. The first-order valence-corrected chi connectivity index (χ1v) is 12.9. The Balaban J connectivity index is 0.000000277. The van der Waals surface area contributed by atoms with Crippen molar-refractivity contribution in [3.05, 3.63) is 53.9 Å². The summed E-state index contributed by atoms with van der Waals surface area (Å²) in [7, 11) is 0. The fraction of sp³-hybridized carbons (Fsp3) is 0.643. The topological polar surface area (TPSA) is 38.1 Å². The van der Waals surface area contributed by atoms with E-state index in [9.17, 15) is 4.79 Å². The number of hydrogen-bond acceptors (Lipinski definition) is 3. The third-order valence-electron chi connectivity index (χ3n) is 6.68. The van der Waals surface area contributed by atoms with Gasteiger partial charge in [-0.2, -0.15) is 5.10 Å². The second-order valence-corrected chi connectivity index (χ2v) is 9.07. The molecule has 0 radical (unpaired) electrons. The summed E-state index contributed by atoms with van der Waals surface area (Å²) in [5.41, 5.74) is 2.77. The quantitative estimate of drug-likeness (QED) is 0.513. The molecule has 2 aliphatic rings. The summed E-state index contributed by atoms with van der Waals surface area (Å²) in [5, 5.41) is 4.47. The molecule has 0 bridgehead atoms. The average Bonchev–Trinajstić information content (AvgIpc) is 3.31. The minimum Gasteiger partial charge on any atom is -0.300 e. The maximum absolute atomic E-state index is 10.8. The van der Waals surface area contributed by atoms with Crippen LogP contribution in [0.3, 0.4) is 0 Å². The smallest absolute Gasteiger partial charge is 0.132 e. The molecule has 0 unspecified atom stereocenters. The van der Waals surface area contributed by atoms with Crippen LogP contribution in [-0.2, 0) is 24.3 Å². The second-order valence-electron chi connectivity index (χ2n) is 9.07. The summed E-state index contributed by atoms with van der Waals surface area (Å²) in [6, 6.07) is 10.8. The van der Waals surface area contributed by atoms with Crippen molar-refractivity contribution in [2.45, 2.75) is 92.2 Å². The van der Waals surface area contributed by atoms with Gasteiger partial charge in [-0.3, -0.25) is 14.4 Å². The Hall–Kier alpha value is -1.94. The standard InChI is InChI=1S/C18H25N3.C8H14O.C2H6/c1-2-16-12-19-21(14-16)15-18-8-10-20(11-9-18)13-17-6-4-3-5-7-17;1-7(9)8-5-3-2-4-6-8;1-2/h3-7,12,14,18H,2,8-11,13,15H2,1H3;8H,2-6H2,1H3;1-2H3. The number of nitrogens with zero attached hydrogens (tertiary/aromatic N) is 3. The molecule has 2 aromatic rings. The Morgan fingerprint density at radius 3 is 2.16 bits per heavy atom. The van der Waals surface area contributed by atoms with Crippen LogP contribution >= 0.6 is 0 Å². The zero-order chi connectivity index (χ0) is 23.2. The third kappa shape index (κ3) is 9.28. The summed E-state index contributed by atoms with van der Waals surface area (Å²) in [5.74, 6) is 1.59. The number of carbonyl (C=O) groups is 1. The highest BCUT2D eigenvalue weighted by molar-refractivity contribution is 5.78. The van der Waals surface area contributed by atoms with Gasteiger partial charge in [-0.25, -0.2) is 0 Å². The van der Waals surface area contributed by atoms with Crippen molar-refractivity contribution < 1.29 is 4.79 Å². The van der Waals surface area contributed by atoms with Crippen molar-refractivity contribution in [3.8, 4) is 0 Å². The predicted octanol–water partition coefficient (Wildman–Crippen LogP) is 6.54. The number of piperidine rings is 1. The Bertz CT molecular complexity index is 741. The Kier molecular flexibility index (Phi) is 12.3. The molecule has 0 atom stereocenters. The van der Waals surface area contributed by atoms with Gasteiger partial charge in [-0.05, 0) is 69.2 Å². The Morgan fingerprint density at radius 1 is 0.969 bits per heavy atom. The maximum atomic E-state index is 10.8. The maximum Gasteiger partial charge on any atom is 0.132 e. The van der Waals surface area contributed by atoms with Crippen molar-refractivity contribution in [3.63, 3.8) is 0 Å². The number of hydrogen-bond donors (Lipinski definition) is 0. The van der Waals surface area contributed by atoms with Crippen LogP contribution in [0.2, 0.25) is 0 Å². The summed E-state index contributed by atoms with van der Waals surface area (Å²) < 4.78 is 2.14. The molecule has 1 aromatic carbocycles. The average molecular weight is 440 g/mol. The van der Waals surface area contributed by atoms with E-state index in [1.807, 2.05) is 20.0 Å². The molecular weight excluding hydrogens is 394 g/mol. The van der Waals surface area contributed by atoms with Gasteiger partial charge in [0.2, 0.25) is 0 Å². The molecular formula is C28H45N3O. The molecule has 2 heterocycles. The van der Waals surface area contributed by atoms with Gasteiger partial charge in [0, 0.05) is 25.2 Å². The van der Waals surface area contributed by atoms with E-state index in [1.165, 1.54) is 56.3 Å². The van der Waals surface area contributed by atoms with Crippen molar-refractivity contribution >= 4 is 5.78 Å². The zero-order valence-corrected chi connectivity index (χ0v) is 20.9. The van der Waals surface area contributed by atoms with Crippen LogP contribution in [0.1, 0.15) is 83.8 Å². The molecule has 1 saturated heterocycles. The number of benzene rings is 1. The summed E-state index contributed by atoms with van der Waals surface area (Å²) in [6.45, 7) is 12.5. The number of rotatable bonds is 6. The molecule has 32 heavy (non-hydrogen) atoms. The highest BCUT2D eigenvalue weighted by atomic mass is 16.1. The molecule has 1 saturated carbocycles. The van der Waals surface area contributed by atoms with Gasteiger partial charge < -0.3 is 0 Å². The Morgan fingerprint density at radius 2 is 1.62 bits per heavy atom. The lowest BCUT2D eigenvalue weighted by Gasteiger charge is -2.31. The van der Waals surface area contributed by atoms with E-state index in [0.29, 0.717) is 11.7 Å². The third-order valence-corrected chi connectivity index (χ3v) is 6.68. The molecule has 4 nitrogen and oxygen atoms in total. The molecule has 2 fully saturated rings. The first-order valence-electron chi connectivity index (χ1n) is 12.9. The fourth-order valence-electron chi connectivity index (χ4n) is 4.63. The zero-order valence-electron chi connectivity index (χ0n) is 20.9. The molecule has 1 aliphatic carbocycles. The van der Waals surface area contributed by atoms with Crippen LogP contribution in [0.4, 0.5) is 0 Å². The predicted molar refractivity (Wildman–Crippen MR) is 135 cm³/mol. The SMILES string of the molecule is CC.CC(=O)C1CCCCC1.CCc1cnn(CC2CCN(Cc3ccccc3)CC2)c1. The van der Waals surface area contributed by atoms with Crippen LogP contribution in [-0.4, -0.2) is 33.6 Å². The van der Waals surface area contributed by atoms with Crippen LogP contribution in [0.5, 0.6) is 0 Å². The van der Waals surface area contributed by atoms with Crippen LogP contribution < -0.4 is 0 Å². The van der Waals surface area contributed by atoms with Gasteiger partial charge >= 0.3 is 0 Å². The van der Waals surface area contributed by atoms with Crippen LogP contribution in [0.15, 0.2) is 42.7 Å². The van der Waals surface area contributed by atoms with Gasteiger partial charge in [0.05, 0.1) is 6.20 Å². The largest absolute Gasteiger partial charge is 0.300 e. The number of aromatic nitrogens is 2. The summed E-state index contributed by atoms with van der Waals surface area (Å²) >= 11 is 0. The fourth-order valence-corrected chi connectivity index (χ4v) is 4.63. The van der Waals surface area contributed by atoms with Crippen molar-refractivity contribution in [2.24, 2.45) is 11.8 Å². The normalized spacial score (nSPS) is 17.6. The van der Waals surface area contributed by atoms with Gasteiger partial charge in [0.1, 0.15) is 5.78 Å². The number of likely N-dealkylation sites (tertiary alicyclic amines) is 1. The molecule has 178 valence electrons. The number of Topliss-reactive ketones (excluding diaryl/α,β-unsaturated/α-hetero) is 1. The molecule has 0 N–H and O–H groups in total. The monoisotopic (exact) mass is 439 g/mol. The van der Waals surface area contributed by atoms with Crippen LogP contribution in [0.25, 0.3) is 0 Å². The van der Waals surface area contributed by atoms with E-state index in [1.54, 1.807) is 6.92 Å². The van der Waals surface area contributed by atoms with Gasteiger partial charge in [-0.1, -0.05) is 70.4 Å². The van der Waals surface area contributed by atoms with Gasteiger partial charge in [0.15, 0.2) is 0 Å². The number of ketones is 1. The molecule has 4 heteroatoms. The minimum atomic E-state index is 0.398. The molecule has 1 aliphatic heterocycles. The lowest BCUT2D eigenvalue weighted by molar-refractivity contribution is -0.121. The van der Waals surface area contributed by atoms with E-state index in [-0.39, 0.29) is 0 Å².